The average molecular weight is 330 g/mol. The Morgan fingerprint density at radius 2 is 1.81 bits per heavy atom. The molecule has 1 rings (SSSR count). The van der Waals surface area contributed by atoms with Crippen LogP contribution in [-0.2, 0) is 9.59 Å². The van der Waals surface area contributed by atoms with E-state index in [-0.39, 0.29) is 17.1 Å². The molecule has 1 unspecified atom stereocenters. The fraction of sp³-hybridized carbons (Fsp3) is 0.467. The summed E-state index contributed by atoms with van der Waals surface area (Å²) in [6.45, 7) is 5.60. The van der Waals surface area contributed by atoms with Crippen molar-refractivity contribution in [1.82, 2.24) is 5.32 Å². The third kappa shape index (κ3) is 6.40. The summed E-state index contributed by atoms with van der Waals surface area (Å²) in [4.78, 5) is 24.2. The molecule has 0 saturated carbocycles. The Bertz CT molecular complexity index is 490. The van der Waals surface area contributed by atoms with Crippen molar-refractivity contribution in [3.8, 4) is 0 Å². The van der Waals surface area contributed by atoms with Gasteiger partial charge in [-0.2, -0.15) is 0 Å². The van der Waals surface area contributed by atoms with Gasteiger partial charge in [0.2, 0.25) is 5.91 Å². The minimum Gasteiger partial charge on any atom is -0.480 e. The molecule has 0 aliphatic rings. The maximum atomic E-state index is 12.1. The first-order chi connectivity index (χ1) is 9.79. The second-order valence-corrected chi connectivity index (χ2v) is 7.09. The number of carbonyl (C=O) groups is 2. The van der Waals surface area contributed by atoms with Crippen LogP contribution >= 0.6 is 23.4 Å². The number of nitrogens with one attached hydrogen (secondary N) is 1. The second kappa shape index (κ2) is 8.29. The molecule has 0 aliphatic carbocycles. The molecule has 1 amide bonds. The Labute approximate surface area is 134 Å². The maximum Gasteiger partial charge on any atom is 0.326 e. The van der Waals surface area contributed by atoms with Gasteiger partial charge in [-0.25, -0.2) is 4.79 Å². The number of thioether (sulfide) groups is 1. The number of aliphatic carboxylic acids is 1. The first-order valence-corrected chi connectivity index (χ1v) is 8.00. The van der Waals surface area contributed by atoms with Gasteiger partial charge >= 0.3 is 5.97 Å². The van der Waals surface area contributed by atoms with Gasteiger partial charge in [-0.05, 0) is 43.5 Å². The number of carboxylic acids is 1. The van der Waals surface area contributed by atoms with Gasteiger partial charge in [0, 0.05) is 9.92 Å². The van der Waals surface area contributed by atoms with Crippen molar-refractivity contribution in [2.75, 3.05) is 0 Å². The minimum atomic E-state index is -0.999. The van der Waals surface area contributed by atoms with E-state index in [0.29, 0.717) is 11.4 Å². The molecule has 2 N–H and O–H groups in total. The summed E-state index contributed by atoms with van der Waals surface area (Å²) < 4.78 is 0. The normalized spacial score (nSPS) is 13.8. The van der Waals surface area contributed by atoms with Gasteiger partial charge in [-0.3, -0.25) is 4.79 Å². The van der Waals surface area contributed by atoms with Gasteiger partial charge in [-0.1, -0.05) is 25.4 Å². The molecular weight excluding hydrogens is 310 g/mol. The van der Waals surface area contributed by atoms with Crippen LogP contribution in [0, 0.1) is 5.92 Å². The molecule has 0 bridgehead atoms. The number of benzene rings is 1. The molecular formula is C15H20ClNO3S. The Morgan fingerprint density at radius 3 is 2.29 bits per heavy atom. The monoisotopic (exact) mass is 329 g/mol. The van der Waals surface area contributed by atoms with Crippen LogP contribution < -0.4 is 5.32 Å². The largest absolute Gasteiger partial charge is 0.480 e. The van der Waals surface area contributed by atoms with Gasteiger partial charge in [-0.15, -0.1) is 11.8 Å². The Balaban J connectivity index is 2.60. The molecule has 0 aromatic heterocycles. The first-order valence-electron chi connectivity index (χ1n) is 6.75. The fourth-order valence-electron chi connectivity index (χ4n) is 1.75. The van der Waals surface area contributed by atoms with Crippen molar-refractivity contribution in [3.63, 3.8) is 0 Å². The van der Waals surface area contributed by atoms with Crippen LogP contribution in [0.1, 0.15) is 27.2 Å². The lowest BCUT2D eigenvalue weighted by molar-refractivity contribution is -0.142. The van der Waals surface area contributed by atoms with Crippen LogP contribution in [0.2, 0.25) is 5.02 Å². The molecule has 0 spiro atoms. The lowest BCUT2D eigenvalue weighted by atomic mass is 10.0. The SMILES string of the molecule is CC(C)C[C@H](NC(=O)C(C)Sc1ccc(Cl)cc1)C(=O)O. The molecule has 0 radical (unpaired) electrons. The van der Waals surface area contributed by atoms with E-state index in [2.05, 4.69) is 5.32 Å². The van der Waals surface area contributed by atoms with Crippen molar-refractivity contribution in [2.45, 2.75) is 43.4 Å². The Hall–Kier alpha value is -1.20. The second-order valence-electron chi connectivity index (χ2n) is 5.24. The van der Waals surface area contributed by atoms with Crippen LogP contribution in [0.3, 0.4) is 0 Å². The van der Waals surface area contributed by atoms with Crippen LogP contribution in [0.4, 0.5) is 0 Å². The predicted octanol–water partition coefficient (Wildman–Crippen LogP) is 3.44. The van der Waals surface area contributed by atoms with Gasteiger partial charge in [0.1, 0.15) is 6.04 Å². The highest BCUT2D eigenvalue weighted by atomic mass is 35.5. The summed E-state index contributed by atoms with van der Waals surface area (Å²) in [6, 6.07) is 6.34. The zero-order valence-electron chi connectivity index (χ0n) is 12.3. The number of carbonyl (C=O) groups excluding carboxylic acids is 1. The highest BCUT2D eigenvalue weighted by Gasteiger charge is 2.24. The number of carboxylic acid groups (broad SMARTS) is 1. The van der Waals surface area contributed by atoms with E-state index >= 15 is 0 Å². The molecule has 0 aliphatic heterocycles. The van der Waals surface area contributed by atoms with E-state index in [1.165, 1.54) is 11.8 Å². The first kappa shape index (κ1) is 17.9. The zero-order chi connectivity index (χ0) is 16.0. The summed E-state index contributed by atoms with van der Waals surface area (Å²) in [5, 5.41) is 12.0. The molecule has 2 atom stereocenters. The van der Waals surface area contributed by atoms with Gasteiger partial charge in [0.05, 0.1) is 5.25 Å². The smallest absolute Gasteiger partial charge is 0.326 e. The standard InChI is InChI=1S/C15H20ClNO3S/c1-9(2)8-13(15(19)20)17-14(18)10(3)21-12-6-4-11(16)5-7-12/h4-7,9-10,13H,8H2,1-3H3,(H,17,18)(H,19,20)/t10?,13-/m0/s1. The van der Waals surface area contributed by atoms with E-state index in [1.54, 1.807) is 19.1 Å². The van der Waals surface area contributed by atoms with Gasteiger partial charge in [0.15, 0.2) is 0 Å². The van der Waals surface area contributed by atoms with Crippen molar-refractivity contribution in [1.29, 1.82) is 0 Å². The van der Waals surface area contributed by atoms with Gasteiger partial charge in [0.25, 0.3) is 0 Å². The summed E-state index contributed by atoms with van der Waals surface area (Å²) in [6.07, 6.45) is 0.416. The average Bonchev–Trinajstić information content (AvgIpc) is 2.39. The summed E-state index contributed by atoms with van der Waals surface area (Å²) in [5.74, 6) is -1.07. The third-order valence-electron chi connectivity index (χ3n) is 2.82. The molecule has 0 heterocycles. The molecule has 116 valence electrons. The maximum absolute atomic E-state index is 12.1. The predicted molar refractivity (Wildman–Crippen MR) is 85.8 cm³/mol. The number of amides is 1. The fourth-order valence-corrected chi connectivity index (χ4v) is 2.76. The molecule has 4 nitrogen and oxygen atoms in total. The summed E-state index contributed by atoms with van der Waals surface area (Å²) in [5.41, 5.74) is 0. The minimum absolute atomic E-state index is 0.200. The highest BCUT2D eigenvalue weighted by Crippen LogP contribution is 2.25. The van der Waals surface area contributed by atoms with Crippen LogP contribution in [0.5, 0.6) is 0 Å². The molecule has 0 saturated heterocycles. The number of halogens is 1. The summed E-state index contributed by atoms with van der Waals surface area (Å²) in [7, 11) is 0. The number of hydrogen-bond acceptors (Lipinski definition) is 3. The van der Waals surface area contributed by atoms with Crippen molar-refractivity contribution < 1.29 is 14.7 Å². The molecule has 1 aromatic rings. The number of rotatable bonds is 7. The van der Waals surface area contributed by atoms with E-state index < -0.39 is 12.0 Å². The molecule has 6 heteroatoms. The van der Waals surface area contributed by atoms with E-state index in [0.717, 1.165) is 4.90 Å². The lowest BCUT2D eigenvalue weighted by Gasteiger charge is -2.19. The quantitative estimate of drug-likeness (QED) is 0.752. The highest BCUT2D eigenvalue weighted by molar-refractivity contribution is 8.00. The van der Waals surface area contributed by atoms with Crippen LogP contribution in [-0.4, -0.2) is 28.3 Å². The van der Waals surface area contributed by atoms with E-state index in [9.17, 15) is 9.59 Å². The van der Waals surface area contributed by atoms with E-state index in [4.69, 9.17) is 16.7 Å². The molecule has 21 heavy (non-hydrogen) atoms. The molecule has 1 aromatic carbocycles. The van der Waals surface area contributed by atoms with Crippen LogP contribution in [0.25, 0.3) is 0 Å². The summed E-state index contributed by atoms with van der Waals surface area (Å²) >= 11 is 7.18. The Kier molecular flexibility index (Phi) is 7.05. The lowest BCUT2D eigenvalue weighted by Crippen LogP contribution is -2.44. The van der Waals surface area contributed by atoms with Crippen LogP contribution in [0.15, 0.2) is 29.2 Å². The number of hydrogen-bond donors (Lipinski definition) is 2. The Morgan fingerprint density at radius 1 is 1.24 bits per heavy atom. The third-order valence-corrected chi connectivity index (χ3v) is 4.18. The van der Waals surface area contributed by atoms with Gasteiger partial charge < -0.3 is 10.4 Å². The zero-order valence-corrected chi connectivity index (χ0v) is 13.9. The molecule has 0 fully saturated rings. The van der Waals surface area contributed by atoms with Crippen molar-refractivity contribution in [3.05, 3.63) is 29.3 Å². The van der Waals surface area contributed by atoms with E-state index in [1.807, 2.05) is 26.0 Å². The van der Waals surface area contributed by atoms with Crippen molar-refractivity contribution >= 4 is 35.2 Å². The van der Waals surface area contributed by atoms with Crippen molar-refractivity contribution in [2.24, 2.45) is 5.92 Å². The topological polar surface area (TPSA) is 66.4 Å².